The minimum Gasteiger partial charge on any atom is -0.398 e. The Hall–Kier alpha value is -1.81. The maximum absolute atomic E-state index is 12.7. The van der Waals surface area contributed by atoms with Crippen LogP contribution in [0.25, 0.3) is 0 Å². The number of nitrogen functional groups attached to an aromatic ring is 1. The van der Waals surface area contributed by atoms with Crippen LogP contribution in [-0.2, 0) is 6.42 Å². The van der Waals surface area contributed by atoms with Crippen molar-refractivity contribution >= 4 is 27.5 Å². The number of amides is 1. The van der Waals surface area contributed by atoms with Crippen molar-refractivity contribution in [3.8, 4) is 0 Å². The molecule has 2 aromatic rings. The largest absolute Gasteiger partial charge is 0.398 e. The lowest BCUT2D eigenvalue weighted by Crippen LogP contribution is -2.30. The first kappa shape index (κ1) is 14.1. The summed E-state index contributed by atoms with van der Waals surface area (Å²) in [5.74, 6) is -0.0319. The van der Waals surface area contributed by atoms with Gasteiger partial charge in [0.05, 0.1) is 11.6 Å². The average Bonchev–Trinajstić information content (AvgIpc) is 2.92. The highest BCUT2D eigenvalue weighted by Gasteiger charge is 2.29. The zero-order valence-electron chi connectivity index (χ0n) is 11.8. The minimum absolute atomic E-state index is 0.0319. The molecule has 1 aliphatic rings. The van der Waals surface area contributed by atoms with Gasteiger partial charge in [0.2, 0.25) is 0 Å². The van der Waals surface area contributed by atoms with E-state index in [0.29, 0.717) is 11.3 Å². The van der Waals surface area contributed by atoms with Crippen LogP contribution in [0.2, 0.25) is 0 Å². The van der Waals surface area contributed by atoms with Crippen molar-refractivity contribution in [2.45, 2.75) is 18.9 Å². The predicted molar refractivity (Wildman–Crippen MR) is 88.2 cm³/mol. The van der Waals surface area contributed by atoms with Crippen molar-refractivity contribution in [1.29, 1.82) is 0 Å². The number of fused-ring (bicyclic) bond motifs is 1. The Morgan fingerprint density at radius 3 is 2.86 bits per heavy atom. The van der Waals surface area contributed by atoms with Gasteiger partial charge in [-0.05, 0) is 42.2 Å². The first-order valence-corrected chi connectivity index (χ1v) is 7.77. The van der Waals surface area contributed by atoms with E-state index in [0.717, 1.165) is 17.3 Å². The molecule has 2 N–H and O–H groups in total. The number of benzene rings is 2. The Balaban J connectivity index is 1.91. The lowest BCUT2D eigenvalue weighted by molar-refractivity contribution is 0.0731. The second kappa shape index (κ2) is 5.53. The molecule has 21 heavy (non-hydrogen) atoms. The molecule has 1 unspecified atom stereocenters. The molecule has 1 aliphatic carbocycles. The third-order valence-corrected chi connectivity index (χ3v) is 4.63. The van der Waals surface area contributed by atoms with Crippen LogP contribution < -0.4 is 5.73 Å². The molecule has 2 aromatic carbocycles. The predicted octanol–water partition coefficient (Wildman–Crippen LogP) is 3.79. The van der Waals surface area contributed by atoms with Crippen LogP contribution in [-0.4, -0.2) is 17.9 Å². The van der Waals surface area contributed by atoms with Crippen LogP contribution in [0.5, 0.6) is 0 Å². The molecule has 0 heterocycles. The van der Waals surface area contributed by atoms with Crippen LogP contribution in [0.4, 0.5) is 5.69 Å². The number of hydrogen-bond donors (Lipinski definition) is 1. The molecule has 0 aliphatic heterocycles. The van der Waals surface area contributed by atoms with E-state index in [4.69, 9.17) is 5.73 Å². The van der Waals surface area contributed by atoms with E-state index < -0.39 is 0 Å². The quantitative estimate of drug-likeness (QED) is 0.842. The van der Waals surface area contributed by atoms with Gasteiger partial charge in [-0.2, -0.15) is 0 Å². The summed E-state index contributed by atoms with van der Waals surface area (Å²) in [6.45, 7) is 0. The molecule has 0 fully saturated rings. The fourth-order valence-corrected chi connectivity index (χ4v) is 3.34. The zero-order valence-corrected chi connectivity index (χ0v) is 13.4. The fourth-order valence-electron chi connectivity index (χ4n) is 2.98. The number of nitrogens with two attached hydrogens (primary N) is 1. The van der Waals surface area contributed by atoms with E-state index in [9.17, 15) is 4.79 Å². The zero-order chi connectivity index (χ0) is 15.0. The highest BCUT2D eigenvalue weighted by atomic mass is 79.9. The number of anilines is 1. The molecule has 0 radical (unpaired) electrons. The van der Waals surface area contributed by atoms with Gasteiger partial charge in [0.1, 0.15) is 0 Å². The lowest BCUT2D eigenvalue weighted by Gasteiger charge is -2.26. The van der Waals surface area contributed by atoms with Gasteiger partial charge >= 0.3 is 0 Å². The fraction of sp³-hybridized carbons (Fsp3) is 0.235. The molecular formula is C17H17BrN2O. The maximum atomic E-state index is 12.7. The summed E-state index contributed by atoms with van der Waals surface area (Å²) in [4.78, 5) is 14.5. The number of carbonyl (C=O) groups is 1. The smallest absolute Gasteiger partial charge is 0.256 e. The van der Waals surface area contributed by atoms with Crippen molar-refractivity contribution in [2.24, 2.45) is 0 Å². The van der Waals surface area contributed by atoms with Crippen molar-refractivity contribution < 1.29 is 4.79 Å². The van der Waals surface area contributed by atoms with Crippen LogP contribution in [0.15, 0.2) is 46.9 Å². The van der Waals surface area contributed by atoms with Crippen molar-refractivity contribution in [3.63, 3.8) is 0 Å². The monoisotopic (exact) mass is 344 g/mol. The molecule has 0 saturated carbocycles. The Kier molecular flexibility index (Phi) is 3.72. The van der Waals surface area contributed by atoms with Gasteiger partial charge in [0, 0.05) is 17.2 Å². The first-order valence-electron chi connectivity index (χ1n) is 6.98. The van der Waals surface area contributed by atoms with Gasteiger partial charge in [-0.15, -0.1) is 0 Å². The second-order valence-electron chi connectivity index (χ2n) is 5.40. The Morgan fingerprint density at radius 2 is 2.05 bits per heavy atom. The summed E-state index contributed by atoms with van der Waals surface area (Å²) in [5, 5.41) is 0. The summed E-state index contributed by atoms with van der Waals surface area (Å²) >= 11 is 3.40. The molecule has 3 nitrogen and oxygen atoms in total. The van der Waals surface area contributed by atoms with Crippen LogP contribution in [0.3, 0.4) is 0 Å². The Bertz CT molecular complexity index is 699. The average molecular weight is 345 g/mol. The van der Waals surface area contributed by atoms with E-state index >= 15 is 0 Å². The standard InChI is InChI=1S/C17H17BrN2O/c1-20(16-9-6-11-4-2-3-5-13(11)16)17(21)14-10-12(18)7-8-15(14)19/h2-5,7-8,10,16H,6,9,19H2,1H3. The molecular weight excluding hydrogens is 328 g/mol. The third kappa shape index (κ3) is 2.56. The first-order chi connectivity index (χ1) is 10.1. The highest BCUT2D eigenvalue weighted by Crippen LogP contribution is 2.36. The second-order valence-corrected chi connectivity index (χ2v) is 6.32. The molecule has 0 aromatic heterocycles. The molecule has 108 valence electrons. The van der Waals surface area contributed by atoms with E-state index in [2.05, 4.69) is 34.1 Å². The lowest BCUT2D eigenvalue weighted by atomic mass is 10.1. The van der Waals surface area contributed by atoms with E-state index in [1.807, 2.05) is 24.1 Å². The molecule has 4 heteroatoms. The van der Waals surface area contributed by atoms with E-state index in [1.54, 1.807) is 12.1 Å². The van der Waals surface area contributed by atoms with Crippen molar-refractivity contribution in [1.82, 2.24) is 4.90 Å². The van der Waals surface area contributed by atoms with E-state index in [-0.39, 0.29) is 11.9 Å². The van der Waals surface area contributed by atoms with Gasteiger partial charge in [0.15, 0.2) is 0 Å². The SMILES string of the molecule is CN(C(=O)c1cc(Br)ccc1N)C1CCc2ccccc21. The topological polar surface area (TPSA) is 46.3 Å². The number of hydrogen-bond acceptors (Lipinski definition) is 2. The number of nitrogens with zero attached hydrogens (tertiary/aromatic N) is 1. The van der Waals surface area contributed by atoms with Crippen LogP contribution >= 0.6 is 15.9 Å². The van der Waals surface area contributed by atoms with E-state index in [1.165, 1.54) is 11.1 Å². The summed E-state index contributed by atoms with van der Waals surface area (Å²) in [6.07, 6.45) is 1.99. The molecule has 0 saturated heterocycles. The molecule has 3 rings (SSSR count). The van der Waals surface area contributed by atoms with Crippen LogP contribution in [0, 0.1) is 0 Å². The normalized spacial score (nSPS) is 16.6. The molecule has 0 spiro atoms. The van der Waals surface area contributed by atoms with Gasteiger partial charge in [-0.1, -0.05) is 40.2 Å². The summed E-state index contributed by atoms with van der Waals surface area (Å²) in [5.41, 5.74) is 9.61. The highest BCUT2D eigenvalue weighted by molar-refractivity contribution is 9.10. The van der Waals surface area contributed by atoms with Gasteiger partial charge < -0.3 is 10.6 Å². The van der Waals surface area contributed by atoms with Gasteiger partial charge in [-0.3, -0.25) is 4.79 Å². The third-order valence-electron chi connectivity index (χ3n) is 4.13. The van der Waals surface area contributed by atoms with Crippen LogP contribution in [0.1, 0.15) is 33.9 Å². The van der Waals surface area contributed by atoms with Gasteiger partial charge in [0.25, 0.3) is 5.91 Å². The number of carbonyl (C=O) groups excluding carboxylic acids is 1. The minimum atomic E-state index is -0.0319. The molecule has 0 bridgehead atoms. The summed E-state index contributed by atoms with van der Waals surface area (Å²) in [6, 6.07) is 13.9. The van der Waals surface area contributed by atoms with Crippen molar-refractivity contribution in [3.05, 3.63) is 63.6 Å². The van der Waals surface area contributed by atoms with Crippen molar-refractivity contribution in [2.75, 3.05) is 12.8 Å². The number of halogens is 1. The van der Waals surface area contributed by atoms with Gasteiger partial charge in [-0.25, -0.2) is 0 Å². The number of aryl methyl sites for hydroxylation is 1. The Labute approximate surface area is 132 Å². The Morgan fingerprint density at radius 1 is 1.29 bits per heavy atom. The molecule has 1 atom stereocenters. The maximum Gasteiger partial charge on any atom is 0.256 e. The number of rotatable bonds is 2. The summed E-state index contributed by atoms with van der Waals surface area (Å²) in [7, 11) is 1.86. The molecule has 1 amide bonds. The summed E-state index contributed by atoms with van der Waals surface area (Å²) < 4.78 is 0.861.